The van der Waals surface area contributed by atoms with Crippen molar-refractivity contribution in [2.24, 2.45) is 5.92 Å². The number of halogens is 1. The fourth-order valence-corrected chi connectivity index (χ4v) is 4.18. The van der Waals surface area contributed by atoms with Crippen LogP contribution < -0.4 is 10.5 Å². The third-order valence-electron chi connectivity index (χ3n) is 3.64. The molecule has 0 heterocycles. The Labute approximate surface area is 127 Å². The maximum Gasteiger partial charge on any atom is 0.242 e. The quantitative estimate of drug-likeness (QED) is 0.712. The average molecular weight is 363 g/mol. The maximum atomic E-state index is 12.3. The normalized spacial score (nSPS) is 23.7. The second-order valence-corrected chi connectivity index (χ2v) is 7.86. The predicted octanol–water partition coefficient (Wildman–Crippen LogP) is 1.86. The first kappa shape index (κ1) is 15.8. The summed E-state index contributed by atoms with van der Waals surface area (Å²) in [6.45, 7) is 0.390. The van der Waals surface area contributed by atoms with Gasteiger partial charge in [-0.25, -0.2) is 13.1 Å². The van der Waals surface area contributed by atoms with Gasteiger partial charge in [0.15, 0.2) is 0 Å². The van der Waals surface area contributed by atoms with Crippen LogP contribution in [0.2, 0.25) is 0 Å². The van der Waals surface area contributed by atoms with E-state index >= 15 is 0 Å². The van der Waals surface area contributed by atoms with Gasteiger partial charge in [-0.15, -0.1) is 0 Å². The zero-order valence-electron chi connectivity index (χ0n) is 11.0. The Morgan fingerprint density at radius 1 is 1.30 bits per heavy atom. The molecule has 4 N–H and O–H groups in total. The Hall–Kier alpha value is -0.630. The van der Waals surface area contributed by atoms with E-state index in [4.69, 9.17) is 5.73 Å². The second kappa shape index (κ2) is 6.43. The number of benzene rings is 1. The van der Waals surface area contributed by atoms with Crippen LogP contribution in [0.4, 0.5) is 5.69 Å². The molecule has 1 aliphatic rings. The van der Waals surface area contributed by atoms with Crippen LogP contribution in [0, 0.1) is 5.92 Å². The highest BCUT2D eigenvalue weighted by Gasteiger charge is 2.23. The number of rotatable bonds is 4. The van der Waals surface area contributed by atoms with E-state index in [0.29, 0.717) is 11.0 Å². The first-order chi connectivity index (χ1) is 9.38. The number of aliphatic hydroxyl groups is 1. The lowest BCUT2D eigenvalue weighted by atomic mass is 9.88. The maximum absolute atomic E-state index is 12.3. The largest absolute Gasteiger partial charge is 0.398 e. The molecule has 0 amide bonds. The van der Waals surface area contributed by atoms with Crippen molar-refractivity contribution in [3.63, 3.8) is 0 Å². The van der Waals surface area contributed by atoms with Gasteiger partial charge in [-0.3, -0.25) is 0 Å². The summed E-state index contributed by atoms with van der Waals surface area (Å²) >= 11 is 3.25. The summed E-state index contributed by atoms with van der Waals surface area (Å²) in [7, 11) is -3.59. The van der Waals surface area contributed by atoms with E-state index in [-0.39, 0.29) is 22.6 Å². The van der Waals surface area contributed by atoms with Crippen LogP contribution in [0.3, 0.4) is 0 Å². The zero-order valence-corrected chi connectivity index (χ0v) is 13.5. The summed E-state index contributed by atoms with van der Waals surface area (Å²) in [4.78, 5) is 0.0997. The number of hydrogen-bond donors (Lipinski definition) is 3. The molecule has 0 radical (unpaired) electrons. The standard InChI is InChI=1S/C13H19BrN2O3S/c14-10-3-6-12(15)13(7-10)20(18,19)16-8-9-1-4-11(17)5-2-9/h3,6-7,9,11,16-17H,1-2,4-5,8,15H2. The van der Waals surface area contributed by atoms with Gasteiger partial charge in [0.1, 0.15) is 4.90 Å². The molecule has 20 heavy (non-hydrogen) atoms. The number of nitrogens with one attached hydrogen (secondary N) is 1. The summed E-state index contributed by atoms with van der Waals surface area (Å²) in [6, 6.07) is 4.77. The number of sulfonamides is 1. The predicted molar refractivity (Wildman–Crippen MR) is 81.7 cm³/mol. The Morgan fingerprint density at radius 3 is 2.60 bits per heavy atom. The van der Waals surface area contributed by atoms with E-state index in [1.54, 1.807) is 12.1 Å². The molecule has 2 rings (SSSR count). The van der Waals surface area contributed by atoms with Gasteiger partial charge < -0.3 is 10.8 Å². The number of nitrogen functional groups attached to an aromatic ring is 1. The molecule has 0 unspecified atom stereocenters. The molecule has 7 heteroatoms. The van der Waals surface area contributed by atoms with Crippen LogP contribution in [0.15, 0.2) is 27.6 Å². The van der Waals surface area contributed by atoms with E-state index in [1.807, 2.05) is 0 Å². The second-order valence-electron chi connectivity index (χ2n) is 5.21. The summed E-state index contributed by atoms with van der Waals surface area (Å²) in [5.74, 6) is 0.279. The fraction of sp³-hybridized carbons (Fsp3) is 0.538. The minimum Gasteiger partial charge on any atom is -0.398 e. The van der Waals surface area contributed by atoms with Crippen molar-refractivity contribution in [1.29, 1.82) is 0 Å². The van der Waals surface area contributed by atoms with Crippen molar-refractivity contribution < 1.29 is 13.5 Å². The Balaban J connectivity index is 2.02. The molecule has 0 spiro atoms. The van der Waals surface area contributed by atoms with E-state index in [0.717, 1.165) is 25.7 Å². The van der Waals surface area contributed by atoms with Crippen LogP contribution >= 0.6 is 15.9 Å². The van der Waals surface area contributed by atoms with Crippen molar-refractivity contribution in [2.45, 2.75) is 36.7 Å². The number of aliphatic hydroxyl groups excluding tert-OH is 1. The van der Waals surface area contributed by atoms with Crippen molar-refractivity contribution in [1.82, 2.24) is 4.72 Å². The number of nitrogens with two attached hydrogens (primary N) is 1. The molecular weight excluding hydrogens is 344 g/mol. The SMILES string of the molecule is Nc1ccc(Br)cc1S(=O)(=O)NCC1CCC(O)CC1. The molecule has 0 saturated heterocycles. The fourth-order valence-electron chi connectivity index (χ4n) is 2.40. The van der Waals surface area contributed by atoms with Crippen LogP contribution in [0.1, 0.15) is 25.7 Å². The zero-order chi connectivity index (χ0) is 14.8. The lowest BCUT2D eigenvalue weighted by molar-refractivity contribution is 0.110. The molecule has 1 saturated carbocycles. The van der Waals surface area contributed by atoms with Crippen LogP contribution in [0.25, 0.3) is 0 Å². The molecular formula is C13H19BrN2O3S. The smallest absolute Gasteiger partial charge is 0.242 e. The van der Waals surface area contributed by atoms with Crippen LogP contribution in [0.5, 0.6) is 0 Å². The summed E-state index contributed by atoms with van der Waals surface area (Å²) < 4.78 is 27.8. The third kappa shape index (κ3) is 3.94. The van der Waals surface area contributed by atoms with Gasteiger partial charge in [-0.2, -0.15) is 0 Å². The summed E-state index contributed by atoms with van der Waals surface area (Å²) in [5.41, 5.74) is 5.97. The number of hydrogen-bond acceptors (Lipinski definition) is 4. The minimum atomic E-state index is -3.59. The van der Waals surface area contributed by atoms with Gasteiger partial charge in [0.2, 0.25) is 10.0 Å². The van der Waals surface area contributed by atoms with Crippen LogP contribution in [-0.4, -0.2) is 26.2 Å². The molecule has 0 aliphatic heterocycles. The molecule has 0 bridgehead atoms. The molecule has 1 aromatic rings. The van der Waals surface area contributed by atoms with E-state index in [9.17, 15) is 13.5 Å². The highest BCUT2D eigenvalue weighted by molar-refractivity contribution is 9.10. The molecule has 5 nitrogen and oxygen atoms in total. The topological polar surface area (TPSA) is 92.4 Å². The molecule has 1 aliphatic carbocycles. The third-order valence-corrected chi connectivity index (χ3v) is 5.62. The Morgan fingerprint density at radius 2 is 1.95 bits per heavy atom. The molecule has 0 atom stereocenters. The van der Waals surface area contributed by atoms with Crippen LogP contribution in [-0.2, 0) is 10.0 Å². The lowest BCUT2D eigenvalue weighted by Gasteiger charge is -2.25. The van der Waals surface area contributed by atoms with Gasteiger partial charge in [-0.05, 0) is 49.8 Å². The summed E-state index contributed by atoms with van der Waals surface area (Å²) in [5, 5.41) is 9.44. The molecule has 112 valence electrons. The van der Waals surface area contributed by atoms with Gasteiger partial charge in [0.05, 0.1) is 11.8 Å². The van der Waals surface area contributed by atoms with Gasteiger partial charge in [0.25, 0.3) is 0 Å². The lowest BCUT2D eigenvalue weighted by Crippen LogP contribution is -2.32. The average Bonchev–Trinajstić information content (AvgIpc) is 2.41. The monoisotopic (exact) mass is 362 g/mol. The Bertz CT molecular complexity index is 569. The van der Waals surface area contributed by atoms with Gasteiger partial charge in [-0.1, -0.05) is 15.9 Å². The first-order valence-electron chi connectivity index (χ1n) is 6.61. The molecule has 0 aromatic heterocycles. The van der Waals surface area contributed by atoms with Crippen molar-refractivity contribution >= 4 is 31.6 Å². The first-order valence-corrected chi connectivity index (χ1v) is 8.89. The van der Waals surface area contributed by atoms with Crippen molar-refractivity contribution in [2.75, 3.05) is 12.3 Å². The molecule has 1 fully saturated rings. The highest BCUT2D eigenvalue weighted by atomic mass is 79.9. The number of anilines is 1. The van der Waals surface area contributed by atoms with Gasteiger partial charge >= 0.3 is 0 Å². The Kier molecular flexibility index (Phi) is 5.06. The van der Waals surface area contributed by atoms with E-state index < -0.39 is 10.0 Å². The van der Waals surface area contributed by atoms with Crippen molar-refractivity contribution in [3.05, 3.63) is 22.7 Å². The van der Waals surface area contributed by atoms with E-state index in [2.05, 4.69) is 20.7 Å². The van der Waals surface area contributed by atoms with Gasteiger partial charge in [0, 0.05) is 11.0 Å². The molecule has 1 aromatic carbocycles. The summed E-state index contributed by atoms with van der Waals surface area (Å²) in [6.07, 6.45) is 2.94. The minimum absolute atomic E-state index is 0.0997. The highest BCUT2D eigenvalue weighted by Crippen LogP contribution is 2.26. The van der Waals surface area contributed by atoms with E-state index in [1.165, 1.54) is 6.07 Å². The van der Waals surface area contributed by atoms with Crippen molar-refractivity contribution in [3.8, 4) is 0 Å².